The van der Waals surface area contributed by atoms with Gasteiger partial charge in [-0.3, -0.25) is 10.8 Å². The van der Waals surface area contributed by atoms with Crippen LogP contribution in [0.2, 0.25) is 10.0 Å². The summed E-state index contributed by atoms with van der Waals surface area (Å²) in [6.45, 7) is 0. The normalized spacial score (nSPS) is 14.0. The summed E-state index contributed by atoms with van der Waals surface area (Å²) in [5.74, 6) is 5.66. The molecule has 3 nitrogen and oxygen atoms in total. The lowest BCUT2D eigenvalue weighted by molar-refractivity contribution is 0.901. The van der Waals surface area contributed by atoms with E-state index in [1.54, 1.807) is 0 Å². The summed E-state index contributed by atoms with van der Waals surface area (Å²) in [5.41, 5.74) is 6.65. The number of nitrogens with one attached hydrogen (secondary N) is 1. The van der Waals surface area contributed by atoms with Crippen LogP contribution in [-0.2, 0) is 12.8 Å². The van der Waals surface area contributed by atoms with Gasteiger partial charge in [-0.05, 0) is 46.8 Å². The molecule has 1 heterocycles. The van der Waals surface area contributed by atoms with E-state index in [4.69, 9.17) is 29.0 Å². The largest absolute Gasteiger partial charge is 0.323 e. The van der Waals surface area contributed by atoms with Gasteiger partial charge in [-0.2, -0.15) is 0 Å². The molecule has 0 bridgehead atoms. The van der Waals surface area contributed by atoms with Crippen molar-refractivity contribution in [1.29, 1.82) is 0 Å². The number of nitrogens with two attached hydrogens (primary N) is 1. The minimum Gasteiger partial charge on any atom is -0.323 e. The van der Waals surface area contributed by atoms with E-state index in [0.29, 0.717) is 15.6 Å². The van der Waals surface area contributed by atoms with Gasteiger partial charge in [-0.1, -0.05) is 23.2 Å². The first-order chi connectivity index (χ1) is 8.63. The number of nitrogens with zero attached hydrogens (tertiary/aromatic N) is 1. The number of fused-ring (bicyclic) bond motifs is 2. The van der Waals surface area contributed by atoms with Crippen LogP contribution >= 0.6 is 39.1 Å². The highest BCUT2D eigenvalue weighted by molar-refractivity contribution is 9.10. The molecule has 0 fully saturated rings. The number of rotatable bonds is 1. The molecule has 1 aliphatic carbocycles. The van der Waals surface area contributed by atoms with Crippen molar-refractivity contribution in [3.63, 3.8) is 0 Å². The monoisotopic (exact) mass is 345 g/mol. The summed E-state index contributed by atoms with van der Waals surface area (Å²) in [5, 5.41) is 1.85. The SMILES string of the molecule is NNc1c2c(nc3c(Cl)c(Cl)c(Br)cc13)CCC2. The van der Waals surface area contributed by atoms with E-state index < -0.39 is 0 Å². The van der Waals surface area contributed by atoms with E-state index in [1.165, 1.54) is 5.56 Å². The fraction of sp³-hybridized carbons (Fsp3) is 0.250. The third kappa shape index (κ3) is 1.71. The standard InChI is InChI=1S/C12H10BrCl2N3/c13-7-4-6-11(18-16)5-2-1-3-8(5)17-12(6)10(15)9(7)14/h4H,1-3,16H2,(H,17,18). The minimum atomic E-state index is 0.465. The van der Waals surface area contributed by atoms with Crippen molar-refractivity contribution in [2.45, 2.75) is 19.3 Å². The molecule has 1 aromatic carbocycles. The molecule has 0 amide bonds. The molecule has 1 aromatic heterocycles. The third-order valence-electron chi connectivity index (χ3n) is 3.29. The number of halogens is 3. The molecule has 0 spiro atoms. The van der Waals surface area contributed by atoms with Gasteiger partial charge in [0.15, 0.2) is 0 Å². The zero-order chi connectivity index (χ0) is 12.9. The van der Waals surface area contributed by atoms with Crippen molar-refractivity contribution in [3.8, 4) is 0 Å². The van der Waals surface area contributed by atoms with E-state index >= 15 is 0 Å². The van der Waals surface area contributed by atoms with Crippen molar-refractivity contribution in [2.75, 3.05) is 5.43 Å². The second kappa shape index (κ2) is 4.53. The predicted molar refractivity (Wildman–Crippen MR) is 79.3 cm³/mol. The summed E-state index contributed by atoms with van der Waals surface area (Å²) < 4.78 is 0.748. The Balaban J connectivity index is 2.47. The molecule has 0 radical (unpaired) electrons. The molecule has 94 valence electrons. The maximum absolute atomic E-state index is 6.27. The Hall–Kier alpha value is -0.550. The molecule has 0 saturated carbocycles. The molecule has 18 heavy (non-hydrogen) atoms. The maximum atomic E-state index is 6.27. The molecule has 2 aromatic rings. The molecule has 0 atom stereocenters. The smallest absolute Gasteiger partial charge is 0.0928 e. The van der Waals surface area contributed by atoms with Gasteiger partial charge in [0.25, 0.3) is 0 Å². The quantitative estimate of drug-likeness (QED) is 0.464. The highest BCUT2D eigenvalue weighted by atomic mass is 79.9. The third-order valence-corrected chi connectivity index (χ3v) is 5.00. The number of hydrogen-bond acceptors (Lipinski definition) is 3. The molecule has 3 N–H and O–H groups in total. The summed E-state index contributed by atoms with van der Waals surface area (Å²) in [6, 6.07) is 1.91. The zero-order valence-corrected chi connectivity index (χ0v) is 12.5. The first kappa shape index (κ1) is 12.5. The lowest BCUT2D eigenvalue weighted by Gasteiger charge is -2.13. The van der Waals surface area contributed by atoms with Crippen molar-refractivity contribution in [1.82, 2.24) is 4.98 Å². The second-order valence-corrected chi connectivity index (χ2v) is 5.90. The molecular weight excluding hydrogens is 337 g/mol. The van der Waals surface area contributed by atoms with E-state index in [-0.39, 0.29) is 0 Å². The number of hydrogen-bond donors (Lipinski definition) is 2. The molecular formula is C12H10BrCl2N3. The van der Waals surface area contributed by atoms with Crippen LogP contribution in [0.1, 0.15) is 17.7 Å². The fourth-order valence-corrected chi connectivity index (χ4v) is 3.40. The van der Waals surface area contributed by atoms with Crippen molar-refractivity contribution in [3.05, 3.63) is 31.8 Å². The van der Waals surface area contributed by atoms with Gasteiger partial charge in [0.05, 0.1) is 21.2 Å². The summed E-state index contributed by atoms with van der Waals surface area (Å²) in [4.78, 5) is 4.63. The van der Waals surface area contributed by atoms with Crippen LogP contribution in [0.25, 0.3) is 10.9 Å². The van der Waals surface area contributed by atoms with Crippen molar-refractivity contribution in [2.24, 2.45) is 5.84 Å². The highest BCUT2D eigenvalue weighted by Gasteiger charge is 2.21. The molecule has 0 aliphatic heterocycles. The summed E-state index contributed by atoms with van der Waals surface area (Å²) >= 11 is 15.8. The van der Waals surface area contributed by atoms with Gasteiger partial charge >= 0.3 is 0 Å². The van der Waals surface area contributed by atoms with Gasteiger partial charge in [-0.25, -0.2) is 0 Å². The van der Waals surface area contributed by atoms with Crippen LogP contribution in [0.15, 0.2) is 10.5 Å². The van der Waals surface area contributed by atoms with Crippen molar-refractivity contribution >= 4 is 55.7 Å². The van der Waals surface area contributed by atoms with Crippen molar-refractivity contribution < 1.29 is 0 Å². The van der Waals surface area contributed by atoms with E-state index in [9.17, 15) is 0 Å². The number of hydrazine groups is 1. The summed E-state index contributed by atoms with van der Waals surface area (Å²) in [6.07, 6.45) is 3.06. The molecule has 0 unspecified atom stereocenters. The molecule has 1 aliphatic rings. The van der Waals surface area contributed by atoms with Crippen LogP contribution in [0.5, 0.6) is 0 Å². The van der Waals surface area contributed by atoms with Gasteiger partial charge < -0.3 is 5.43 Å². The zero-order valence-electron chi connectivity index (χ0n) is 9.36. The number of anilines is 1. The lowest BCUT2D eigenvalue weighted by atomic mass is 10.1. The van der Waals surface area contributed by atoms with E-state index in [0.717, 1.165) is 40.5 Å². The van der Waals surface area contributed by atoms with Crippen LogP contribution in [-0.4, -0.2) is 4.98 Å². The molecule has 6 heteroatoms. The van der Waals surface area contributed by atoms with Crippen LogP contribution < -0.4 is 11.3 Å². The second-order valence-electron chi connectivity index (χ2n) is 4.29. The predicted octanol–water partition coefficient (Wildman–Crippen LogP) is 4.08. The number of nitrogen functional groups attached to an aromatic ring is 1. The van der Waals surface area contributed by atoms with Gasteiger partial charge in [0.2, 0.25) is 0 Å². The topological polar surface area (TPSA) is 50.9 Å². The van der Waals surface area contributed by atoms with E-state index in [2.05, 4.69) is 26.3 Å². The van der Waals surface area contributed by atoms with Crippen LogP contribution in [0.4, 0.5) is 5.69 Å². The molecule has 3 rings (SSSR count). The van der Waals surface area contributed by atoms with Gasteiger partial charge in [-0.15, -0.1) is 0 Å². The number of aromatic nitrogens is 1. The fourth-order valence-electron chi connectivity index (χ4n) is 2.47. The highest BCUT2D eigenvalue weighted by Crippen LogP contribution is 2.41. The Morgan fingerprint density at radius 3 is 2.78 bits per heavy atom. The minimum absolute atomic E-state index is 0.465. The Bertz CT molecular complexity index is 658. The number of aryl methyl sites for hydroxylation is 1. The van der Waals surface area contributed by atoms with E-state index in [1.807, 2.05) is 6.07 Å². The number of benzene rings is 1. The first-order valence-corrected chi connectivity index (χ1v) is 7.14. The summed E-state index contributed by atoms with van der Waals surface area (Å²) in [7, 11) is 0. The number of pyridine rings is 1. The first-order valence-electron chi connectivity index (χ1n) is 5.59. The van der Waals surface area contributed by atoms with Gasteiger partial charge in [0, 0.05) is 15.6 Å². The average molecular weight is 347 g/mol. The van der Waals surface area contributed by atoms with Gasteiger partial charge in [0.1, 0.15) is 0 Å². The Kier molecular flexibility index (Phi) is 3.14. The maximum Gasteiger partial charge on any atom is 0.0928 e. The average Bonchev–Trinajstić information content (AvgIpc) is 2.82. The Morgan fingerprint density at radius 2 is 2.06 bits per heavy atom. The molecule has 0 saturated heterocycles. The van der Waals surface area contributed by atoms with Crippen LogP contribution in [0.3, 0.4) is 0 Å². The Labute approximate surface area is 123 Å². The van der Waals surface area contributed by atoms with Crippen LogP contribution in [0, 0.1) is 0 Å². The lowest BCUT2D eigenvalue weighted by Crippen LogP contribution is -2.11. The Morgan fingerprint density at radius 1 is 1.28 bits per heavy atom.